The van der Waals surface area contributed by atoms with Crippen molar-refractivity contribution in [2.24, 2.45) is 5.73 Å². The molecule has 3 N–H and O–H groups in total. The molecule has 0 spiro atoms. The molecule has 5 nitrogen and oxygen atoms in total. The Morgan fingerprint density at radius 3 is 2.26 bits per heavy atom. The lowest BCUT2D eigenvalue weighted by Crippen LogP contribution is -2.45. The van der Waals surface area contributed by atoms with Gasteiger partial charge in [0.05, 0.1) is 11.6 Å². The van der Waals surface area contributed by atoms with Gasteiger partial charge < -0.3 is 11.1 Å². The molecule has 0 heterocycles. The zero-order valence-electron chi connectivity index (χ0n) is 12.1. The number of nitrogens with one attached hydrogen (secondary N) is 1. The lowest BCUT2D eigenvalue weighted by Gasteiger charge is -2.15. The number of hydrogen-bond donors (Lipinski definition) is 2. The van der Waals surface area contributed by atoms with E-state index in [1.54, 1.807) is 12.1 Å². The van der Waals surface area contributed by atoms with Crippen LogP contribution in [0.5, 0.6) is 0 Å². The van der Waals surface area contributed by atoms with Crippen molar-refractivity contribution in [3.8, 4) is 6.07 Å². The quantitative estimate of drug-likeness (QED) is 0.842. The van der Waals surface area contributed by atoms with Crippen LogP contribution in [0, 0.1) is 11.3 Å². The van der Waals surface area contributed by atoms with E-state index in [2.05, 4.69) is 21.2 Å². The normalized spacial score (nSPS) is 11.3. The number of halogens is 1. The van der Waals surface area contributed by atoms with Crippen molar-refractivity contribution in [2.75, 3.05) is 0 Å². The molecule has 2 aromatic carbocycles. The fraction of sp³-hybridized carbons (Fsp3) is 0.118. The summed E-state index contributed by atoms with van der Waals surface area (Å²) in [6.07, 6.45) is 0.310. The largest absolute Gasteiger partial charge is 0.368 e. The molecule has 0 radical (unpaired) electrons. The molecule has 0 unspecified atom stereocenters. The van der Waals surface area contributed by atoms with Gasteiger partial charge in [-0.15, -0.1) is 0 Å². The topological polar surface area (TPSA) is 96.0 Å². The number of rotatable bonds is 5. The van der Waals surface area contributed by atoms with Crippen LogP contribution in [0.4, 0.5) is 0 Å². The average molecular weight is 372 g/mol. The van der Waals surface area contributed by atoms with E-state index in [9.17, 15) is 9.59 Å². The minimum Gasteiger partial charge on any atom is -0.368 e. The van der Waals surface area contributed by atoms with Crippen molar-refractivity contribution >= 4 is 27.7 Å². The van der Waals surface area contributed by atoms with E-state index in [4.69, 9.17) is 11.0 Å². The Balaban J connectivity index is 2.09. The van der Waals surface area contributed by atoms with Gasteiger partial charge in [0.15, 0.2) is 0 Å². The van der Waals surface area contributed by atoms with Crippen molar-refractivity contribution < 1.29 is 9.59 Å². The number of nitrogens with zero attached hydrogens (tertiary/aromatic N) is 1. The van der Waals surface area contributed by atoms with Crippen LogP contribution < -0.4 is 11.1 Å². The van der Waals surface area contributed by atoms with E-state index >= 15 is 0 Å². The van der Waals surface area contributed by atoms with Gasteiger partial charge in [-0.3, -0.25) is 9.59 Å². The van der Waals surface area contributed by atoms with Crippen LogP contribution in [0.1, 0.15) is 21.5 Å². The van der Waals surface area contributed by atoms with Crippen LogP contribution in [-0.2, 0) is 11.2 Å². The molecule has 23 heavy (non-hydrogen) atoms. The predicted octanol–water partition coefficient (Wildman–Crippen LogP) is 2.15. The van der Waals surface area contributed by atoms with Gasteiger partial charge in [0.1, 0.15) is 6.04 Å². The van der Waals surface area contributed by atoms with E-state index in [1.165, 1.54) is 12.1 Å². The summed E-state index contributed by atoms with van der Waals surface area (Å²) in [6.45, 7) is 0. The smallest absolute Gasteiger partial charge is 0.251 e. The van der Waals surface area contributed by atoms with Crippen LogP contribution in [-0.4, -0.2) is 17.9 Å². The third-order valence-corrected chi connectivity index (χ3v) is 3.81. The summed E-state index contributed by atoms with van der Waals surface area (Å²) >= 11 is 3.34. The molecule has 0 aliphatic heterocycles. The van der Waals surface area contributed by atoms with Crippen LogP contribution in [0.25, 0.3) is 0 Å². The first kappa shape index (κ1) is 16.7. The third-order valence-electron chi connectivity index (χ3n) is 3.28. The van der Waals surface area contributed by atoms with Crippen molar-refractivity contribution in [1.82, 2.24) is 5.32 Å². The second-order valence-corrected chi connectivity index (χ2v) is 5.86. The van der Waals surface area contributed by atoms with Crippen molar-refractivity contribution in [2.45, 2.75) is 12.5 Å². The van der Waals surface area contributed by atoms with Gasteiger partial charge in [0, 0.05) is 16.5 Å². The number of primary amides is 1. The van der Waals surface area contributed by atoms with Gasteiger partial charge in [-0.25, -0.2) is 0 Å². The fourth-order valence-electron chi connectivity index (χ4n) is 2.02. The first-order chi connectivity index (χ1) is 11.0. The molecule has 2 rings (SSSR count). The molecular weight excluding hydrogens is 358 g/mol. The fourth-order valence-corrected chi connectivity index (χ4v) is 2.28. The second-order valence-electron chi connectivity index (χ2n) is 4.95. The van der Waals surface area contributed by atoms with Gasteiger partial charge in [0.2, 0.25) is 5.91 Å². The summed E-state index contributed by atoms with van der Waals surface area (Å²) in [5.74, 6) is -1.01. The Hall–Kier alpha value is -2.65. The molecule has 0 aliphatic rings. The monoisotopic (exact) mass is 371 g/mol. The second kappa shape index (κ2) is 7.56. The maximum atomic E-state index is 12.2. The number of hydrogen-bond acceptors (Lipinski definition) is 3. The van der Waals surface area contributed by atoms with E-state index < -0.39 is 17.9 Å². The number of nitriles is 1. The molecule has 0 saturated heterocycles. The molecule has 0 bridgehead atoms. The number of amides is 2. The maximum Gasteiger partial charge on any atom is 0.251 e. The van der Waals surface area contributed by atoms with Gasteiger partial charge in [-0.1, -0.05) is 28.1 Å². The minimum absolute atomic E-state index is 0.310. The molecule has 6 heteroatoms. The lowest BCUT2D eigenvalue weighted by molar-refractivity contribution is -0.119. The van der Waals surface area contributed by atoms with Crippen LogP contribution in [0.15, 0.2) is 53.0 Å². The summed E-state index contributed by atoms with van der Waals surface area (Å²) in [7, 11) is 0. The molecule has 0 fully saturated rings. The summed E-state index contributed by atoms with van der Waals surface area (Å²) in [5, 5.41) is 11.4. The van der Waals surface area contributed by atoms with Crippen LogP contribution >= 0.6 is 15.9 Å². The van der Waals surface area contributed by atoms with Gasteiger partial charge >= 0.3 is 0 Å². The van der Waals surface area contributed by atoms with E-state index in [0.29, 0.717) is 17.5 Å². The van der Waals surface area contributed by atoms with Crippen molar-refractivity contribution in [3.63, 3.8) is 0 Å². The molecule has 2 amide bonds. The van der Waals surface area contributed by atoms with Gasteiger partial charge in [-0.05, 0) is 42.0 Å². The van der Waals surface area contributed by atoms with Crippen LogP contribution in [0.3, 0.4) is 0 Å². The SMILES string of the molecule is N#Cc1ccc(C(=O)N[C@H](Cc2ccc(Br)cc2)C(N)=O)cc1. The first-order valence-corrected chi connectivity index (χ1v) is 7.63. The highest BCUT2D eigenvalue weighted by molar-refractivity contribution is 9.10. The zero-order chi connectivity index (χ0) is 16.8. The first-order valence-electron chi connectivity index (χ1n) is 6.84. The van der Waals surface area contributed by atoms with E-state index in [-0.39, 0.29) is 0 Å². The molecule has 2 aromatic rings. The van der Waals surface area contributed by atoms with Crippen LogP contribution in [0.2, 0.25) is 0 Å². The Kier molecular flexibility index (Phi) is 5.50. The minimum atomic E-state index is -0.806. The van der Waals surface area contributed by atoms with Gasteiger partial charge in [0.25, 0.3) is 5.91 Å². The number of benzene rings is 2. The highest BCUT2D eigenvalue weighted by Gasteiger charge is 2.19. The Morgan fingerprint density at radius 1 is 1.13 bits per heavy atom. The molecule has 0 saturated carbocycles. The predicted molar refractivity (Wildman–Crippen MR) is 89.5 cm³/mol. The molecule has 0 aromatic heterocycles. The highest BCUT2D eigenvalue weighted by Crippen LogP contribution is 2.12. The Bertz CT molecular complexity index is 749. The van der Waals surface area contributed by atoms with Gasteiger partial charge in [-0.2, -0.15) is 5.26 Å². The van der Waals surface area contributed by atoms with E-state index in [1.807, 2.05) is 30.3 Å². The molecular formula is C17H14BrN3O2. The number of nitrogens with two attached hydrogens (primary N) is 1. The number of carbonyl (C=O) groups is 2. The standard InChI is InChI=1S/C17H14BrN3O2/c18-14-7-3-11(4-8-14)9-15(16(20)22)21-17(23)13-5-1-12(10-19)2-6-13/h1-8,15H,9H2,(H2,20,22)(H,21,23)/t15-/m1/s1. The Labute approximate surface area is 142 Å². The molecule has 1 atom stereocenters. The Morgan fingerprint density at radius 2 is 1.74 bits per heavy atom. The maximum absolute atomic E-state index is 12.2. The zero-order valence-corrected chi connectivity index (χ0v) is 13.7. The van der Waals surface area contributed by atoms with Crippen molar-refractivity contribution in [3.05, 3.63) is 69.7 Å². The highest BCUT2D eigenvalue weighted by atomic mass is 79.9. The summed E-state index contributed by atoms with van der Waals surface area (Å²) in [4.78, 5) is 23.8. The lowest BCUT2D eigenvalue weighted by atomic mass is 10.0. The number of carbonyl (C=O) groups excluding carboxylic acids is 2. The average Bonchev–Trinajstić information content (AvgIpc) is 2.56. The molecule has 0 aliphatic carbocycles. The van der Waals surface area contributed by atoms with Crippen molar-refractivity contribution in [1.29, 1.82) is 5.26 Å². The summed E-state index contributed by atoms with van der Waals surface area (Å²) in [6, 6.07) is 14.8. The summed E-state index contributed by atoms with van der Waals surface area (Å²) < 4.78 is 0.929. The third kappa shape index (κ3) is 4.66. The summed E-state index contributed by atoms with van der Waals surface area (Å²) in [5.41, 5.74) is 7.09. The van der Waals surface area contributed by atoms with E-state index in [0.717, 1.165) is 10.0 Å². The molecule has 116 valence electrons.